The molecule has 20 heavy (non-hydrogen) atoms. The highest BCUT2D eigenvalue weighted by Gasteiger charge is 2.39. The van der Waals surface area contributed by atoms with Crippen LogP contribution in [0.1, 0.15) is 34.1 Å². The van der Waals surface area contributed by atoms with Gasteiger partial charge in [0.2, 0.25) is 0 Å². The number of methoxy groups -OCH3 is 2. The number of hydrogen-bond acceptors (Lipinski definition) is 5. The topological polar surface area (TPSA) is 57.2 Å². The van der Waals surface area contributed by atoms with Gasteiger partial charge in [-0.1, -0.05) is 0 Å². The fourth-order valence-electron chi connectivity index (χ4n) is 2.03. The molecule has 1 saturated heterocycles. The third-order valence-corrected chi connectivity index (χ3v) is 3.18. The van der Waals surface area contributed by atoms with Crippen molar-refractivity contribution in [2.75, 3.05) is 33.9 Å². The van der Waals surface area contributed by atoms with Gasteiger partial charge in [0.25, 0.3) is 0 Å². The van der Waals surface area contributed by atoms with E-state index in [1.807, 2.05) is 27.7 Å². The first-order valence-electron chi connectivity index (χ1n) is 6.86. The van der Waals surface area contributed by atoms with Gasteiger partial charge in [-0.25, -0.2) is 4.79 Å². The quantitative estimate of drug-likeness (QED) is 0.725. The third-order valence-electron chi connectivity index (χ3n) is 3.18. The molecule has 0 saturated carbocycles. The number of amides is 1. The number of ether oxygens (including phenoxy) is 4. The van der Waals surface area contributed by atoms with Crippen LogP contribution in [0, 0.1) is 0 Å². The molecular formula is C14H27NO5. The molecule has 1 aliphatic heterocycles. The monoisotopic (exact) mass is 289 g/mol. The van der Waals surface area contributed by atoms with E-state index in [-0.39, 0.29) is 18.0 Å². The highest BCUT2D eigenvalue weighted by atomic mass is 16.7. The van der Waals surface area contributed by atoms with Crippen LogP contribution in [0.3, 0.4) is 0 Å². The van der Waals surface area contributed by atoms with Crippen molar-refractivity contribution in [3.8, 4) is 0 Å². The molecule has 6 nitrogen and oxygen atoms in total. The Balaban J connectivity index is 2.46. The van der Waals surface area contributed by atoms with Gasteiger partial charge in [0.05, 0.1) is 18.8 Å². The maximum Gasteiger partial charge on any atom is 0.410 e. The Morgan fingerprint density at radius 3 is 2.40 bits per heavy atom. The standard InChI is InChI=1S/C14H27NO5/c1-13(2,3)20-12(16)15-8-7-14(4,10-15)19-9-11(17-5)18-6/h11H,7-10H2,1-6H3. The summed E-state index contributed by atoms with van der Waals surface area (Å²) in [4.78, 5) is 13.7. The molecule has 0 radical (unpaired) electrons. The summed E-state index contributed by atoms with van der Waals surface area (Å²) in [6, 6.07) is 0. The van der Waals surface area contributed by atoms with Gasteiger partial charge in [-0.3, -0.25) is 0 Å². The Labute approximate surface area is 121 Å². The molecule has 1 amide bonds. The van der Waals surface area contributed by atoms with Gasteiger partial charge in [0.1, 0.15) is 5.60 Å². The second-order valence-corrected chi connectivity index (χ2v) is 6.31. The summed E-state index contributed by atoms with van der Waals surface area (Å²) in [7, 11) is 3.14. The molecule has 0 aromatic carbocycles. The minimum atomic E-state index is -0.478. The van der Waals surface area contributed by atoms with Crippen LogP contribution in [0.4, 0.5) is 4.79 Å². The second kappa shape index (κ2) is 6.74. The zero-order valence-electron chi connectivity index (χ0n) is 13.4. The lowest BCUT2D eigenvalue weighted by Crippen LogP contribution is -2.40. The Bertz CT molecular complexity index is 324. The van der Waals surface area contributed by atoms with E-state index in [0.29, 0.717) is 19.7 Å². The largest absolute Gasteiger partial charge is 0.444 e. The predicted molar refractivity (Wildman–Crippen MR) is 74.6 cm³/mol. The van der Waals surface area contributed by atoms with Crippen LogP contribution in [-0.4, -0.2) is 62.4 Å². The van der Waals surface area contributed by atoms with E-state index in [0.717, 1.165) is 6.42 Å². The zero-order valence-corrected chi connectivity index (χ0v) is 13.4. The average molecular weight is 289 g/mol. The van der Waals surface area contributed by atoms with E-state index in [1.54, 1.807) is 19.1 Å². The van der Waals surface area contributed by atoms with Crippen LogP contribution in [0.15, 0.2) is 0 Å². The van der Waals surface area contributed by atoms with E-state index in [2.05, 4.69) is 0 Å². The minimum absolute atomic E-state index is 0.292. The van der Waals surface area contributed by atoms with Gasteiger partial charge in [-0.2, -0.15) is 0 Å². The van der Waals surface area contributed by atoms with Gasteiger partial charge in [-0.15, -0.1) is 0 Å². The van der Waals surface area contributed by atoms with Gasteiger partial charge in [-0.05, 0) is 34.1 Å². The Hall–Kier alpha value is -0.850. The number of carbonyl (C=O) groups excluding carboxylic acids is 1. The first-order valence-corrected chi connectivity index (χ1v) is 6.86. The molecule has 1 unspecified atom stereocenters. The number of rotatable bonds is 5. The van der Waals surface area contributed by atoms with E-state index in [9.17, 15) is 4.79 Å². The third kappa shape index (κ3) is 5.26. The van der Waals surface area contributed by atoms with Crippen molar-refractivity contribution in [2.24, 2.45) is 0 Å². The lowest BCUT2D eigenvalue weighted by molar-refractivity contribution is -0.167. The summed E-state index contributed by atoms with van der Waals surface area (Å²) in [5.74, 6) is 0. The first kappa shape index (κ1) is 17.2. The summed E-state index contributed by atoms with van der Waals surface area (Å²) < 4.78 is 21.4. The minimum Gasteiger partial charge on any atom is -0.444 e. The highest BCUT2D eigenvalue weighted by Crippen LogP contribution is 2.26. The van der Waals surface area contributed by atoms with Gasteiger partial charge in [0, 0.05) is 20.8 Å². The lowest BCUT2D eigenvalue weighted by atomic mass is 10.1. The number of likely N-dealkylation sites (tertiary alicyclic amines) is 1. The molecule has 0 spiro atoms. The molecule has 118 valence electrons. The molecule has 1 aliphatic rings. The van der Waals surface area contributed by atoms with Crippen LogP contribution in [0.2, 0.25) is 0 Å². The zero-order chi connectivity index (χ0) is 15.4. The van der Waals surface area contributed by atoms with E-state index >= 15 is 0 Å². The van der Waals surface area contributed by atoms with Crippen molar-refractivity contribution in [3.63, 3.8) is 0 Å². The van der Waals surface area contributed by atoms with Crippen LogP contribution < -0.4 is 0 Å². The van der Waals surface area contributed by atoms with E-state index in [1.165, 1.54) is 0 Å². The Kier molecular flexibility index (Phi) is 5.79. The maximum atomic E-state index is 12.0. The molecule has 0 aromatic heterocycles. The fraction of sp³-hybridized carbons (Fsp3) is 0.929. The molecule has 1 fully saturated rings. The van der Waals surface area contributed by atoms with Crippen molar-refractivity contribution in [1.29, 1.82) is 0 Å². The van der Waals surface area contributed by atoms with Crippen LogP contribution in [0.5, 0.6) is 0 Å². The van der Waals surface area contributed by atoms with Crippen LogP contribution in [0.25, 0.3) is 0 Å². The summed E-state index contributed by atoms with van der Waals surface area (Å²) in [5, 5.41) is 0. The molecule has 1 atom stereocenters. The molecule has 1 rings (SSSR count). The van der Waals surface area contributed by atoms with Gasteiger partial charge >= 0.3 is 6.09 Å². The van der Waals surface area contributed by atoms with Crippen LogP contribution >= 0.6 is 0 Å². The van der Waals surface area contributed by atoms with E-state index in [4.69, 9.17) is 18.9 Å². The molecule has 0 aromatic rings. The fourth-order valence-corrected chi connectivity index (χ4v) is 2.03. The Morgan fingerprint density at radius 1 is 1.30 bits per heavy atom. The Morgan fingerprint density at radius 2 is 1.90 bits per heavy atom. The normalized spacial score (nSPS) is 23.4. The molecule has 0 aliphatic carbocycles. The number of hydrogen-bond donors (Lipinski definition) is 0. The smallest absolute Gasteiger partial charge is 0.410 e. The molecule has 0 N–H and O–H groups in total. The predicted octanol–water partition coefficient (Wildman–Crippen LogP) is 2.02. The molecule has 1 heterocycles. The highest BCUT2D eigenvalue weighted by molar-refractivity contribution is 5.68. The van der Waals surface area contributed by atoms with Crippen molar-refractivity contribution in [3.05, 3.63) is 0 Å². The molecule has 6 heteroatoms. The van der Waals surface area contributed by atoms with Crippen molar-refractivity contribution in [2.45, 2.75) is 51.6 Å². The van der Waals surface area contributed by atoms with Crippen molar-refractivity contribution >= 4 is 6.09 Å². The summed E-state index contributed by atoms with van der Waals surface area (Å²) in [6.45, 7) is 9.05. The van der Waals surface area contributed by atoms with Crippen molar-refractivity contribution in [1.82, 2.24) is 4.90 Å². The lowest BCUT2D eigenvalue weighted by Gasteiger charge is -2.28. The van der Waals surface area contributed by atoms with E-state index < -0.39 is 5.60 Å². The molecule has 0 bridgehead atoms. The van der Waals surface area contributed by atoms with Crippen LogP contribution in [-0.2, 0) is 18.9 Å². The number of nitrogens with zero attached hydrogens (tertiary/aromatic N) is 1. The maximum absolute atomic E-state index is 12.0. The number of carbonyl (C=O) groups is 1. The summed E-state index contributed by atoms with van der Waals surface area (Å²) in [6.07, 6.45) is 0.0918. The van der Waals surface area contributed by atoms with Crippen molar-refractivity contribution < 1.29 is 23.7 Å². The molecular weight excluding hydrogens is 262 g/mol. The first-order chi connectivity index (χ1) is 9.19. The van der Waals surface area contributed by atoms with Gasteiger partial charge < -0.3 is 23.8 Å². The summed E-state index contributed by atoms with van der Waals surface area (Å²) >= 11 is 0. The summed E-state index contributed by atoms with van der Waals surface area (Å²) in [5.41, 5.74) is -0.861. The SMILES string of the molecule is COC(COC1(C)CCN(C(=O)OC(C)(C)C)C1)OC. The second-order valence-electron chi connectivity index (χ2n) is 6.31. The van der Waals surface area contributed by atoms with Gasteiger partial charge in [0.15, 0.2) is 6.29 Å². The average Bonchev–Trinajstić information content (AvgIpc) is 2.72.